The summed E-state index contributed by atoms with van der Waals surface area (Å²) in [5.41, 5.74) is 1.72. The predicted octanol–water partition coefficient (Wildman–Crippen LogP) is 4.42. The summed E-state index contributed by atoms with van der Waals surface area (Å²) in [6.45, 7) is 1.91. The number of Topliss-reactive ketones (excluding diaryl/α,β-unsaturated/α-hetero) is 1. The van der Waals surface area contributed by atoms with Crippen LogP contribution in [0.3, 0.4) is 0 Å². The van der Waals surface area contributed by atoms with Crippen LogP contribution in [0, 0.1) is 6.92 Å². The number of anilines is 1. The summed E-state index contributed by atoms with van der Waals surface area (Å²) >= 11 is 1.41. The van der Waals surface area contributed by atoms with Crippen molar-refractivity contribution in [3.63, 3.8) is 0 Å². The first-order valence-electron chi connectivity index (χ1n) is 9.88. The van der Waals surface area contributed by atoms with Crippen LogP contribution < -0.4 is 19.1 Å². The lowest BCUT2D eigenvalue weighted by Gasteiger charge is -2.24. The van der Waals surface area contributed by atoms with Crippen molar-refractivity contribution in [2.24, 2.45) is 0 Å². The third-order valence-corrected chi connectivity index (χ3v) is 6.50. The van der Waals surface area contributed by atoms with Gasteiger partial charge in [0.15, 0.2) is 11.5 Å². The number of benzene rings is 2. The zero-order chi connectivity index (χ0) is 22.4. The summed E-state index contributed by atoms with van der Waals surface area (Å²) in [5, 5.41) is 13.1. The maximum absolute atomic E-state index is 13.2. The van der Waals surface area contributed by atoms with Gasteiger partial charge in [-0.2, -0.15) is 0 Å². The Kier molecular flexibility index (Phi) is 4.86. The summed E-state index contributed by atoms with van der Waals surface area (Å²) in [5.74, 6) is 0.0378. The number of rotatable bonds is 4. The van der Waals surface area contributed by atoms with Crippen molar-refractivity contribution in [2.75, 3.05) is 18.8 Å². The second kappa shape index (κ2) is 7.72. The summed E-state index contributed by atoms with van der Waals surface area (Å²) in [6, 6.07) is 13.2. The van der Waals surface area contributed by atoms with Crippen LogP contribution >= 0.6 is 11.3 Å². The van der Waals surface area contributed by atoms with E-state index in [9.17, 15) is 14.7 Å². The van der Waals surface area contributed by atoms with Crippen molar-refractivity contribution in [1.29, 1.82) is 0 Å². The van der Waals surface area contributed by atoms with E-state index in [4.69, 9.17) is 14.2 Å². The van der Waals surface area contributed by atoms with Gasteiger partial charge in [0.05, 0.1) is 12.7 Å². The molecule has 1 fully saturated rings. The molecule has 7 nitrogen and oxygen atoms in total. The highest BCUT2D eigenvalue weighted by Crippen LogP contribution is 2.46. The fourth-order valence-corrected chi connectivity index (χ4v) is 4.85. The van der Waals surface area contributed by atoms with Gasteiger partial charge < -0.3 is 19.3 Å². The lowest BCUT2D eigenvalue weighted by molar-refractivity contribution is -0.132. The Bertz CT molecular complexity index is 1260. The van der Waals surface area contributed by atoms with E-state index in [1.807, 2.05) is 24.4 Å². The van der Waals surface area contributed by atoms with Crippen LogP contribution in [0.2, 0.25) is 0 Å². The molecule has 0 bridgehead atoms. The van der Waals surface area contributed by atoms with Crippen molar-refractivity contribution in [3.05, 3.63) is 75.5 Å². The van der Waals surface area contributed by atoms with Crippen LogP contribution in [0.15, 0.2) is 59.5 Å². The van der Waals surface area contributed by atoms with Gasteiger partial charge in [-0.3, -0.25) is 14.5 Å². The number of carbonyl (C=O) groups is 2. The normalized spacial score (nSPS) is 18.9. The molecule has 3 aromatic rings. The largest absolute Gasteiger partial charge is 0.507 e. The fourth-order valence-electron chi connectivity index (χ4n) is 4.02. The number of aliphatic hydroxyl groups is 1. The number of aliphatic hydroxyl groups excluding tert-OH is 1. The van der Waals surface area contributed by atoms with Gasteiger partial charge in [-0.1, -0.05) is 6.07 Å². The average Bonchev–Trinajstić information content (AvgIpc) is 3.53. The number of aryl methyl sites for hydroxylation is 1. The zero-order valence-corrected chi connectivity index (χ0v) is 18.1. The predicted molar refractivity (Wildman–Crippen MR) is 119 cm³/mol. The average molecular weight is 449 g/mol. The minimum Gasteiger partial charge on any atom is -0.507 e. The highest BCUT2D eigenvalue weighted by atomic mass is 32.1. The molecule has 1 saturated heterocycles. The van der Waals surface area contributed by atoms with E-state index in [2.05, 4.69) is 0 Å². The SMILES string of the molecule is COc1ccc(/C(O)=C2/C(=O)C(=O)N(c3ccc4c(c3)OCO4)C2c2cccs2)c(C)c1. The van der Waals surface area contributed by atoms with Crippen LogP contribution in [-0.2, 0) is 9.59 Å². The second-order valence-corrected chi connectivity index (χ2v) is 8.38. The lowest BCUT2D eigenvalue weighted by Crippen LogP contribution is -2.29. The Balaban J connectivity index is 1.68. The molecular weight excluding hydrogens is 430 g/mol. The fraction of sp³-hybridized carbons (Fsp3) is 0.167. The molecule has 0 saturated carbocycles. The quantitative estimate of drug-likeness (QED) is 0.361. The van der Waals surface area contributed by atoms with Gasteiger partial charge in [-0.15, -0.1) is 11.3 Å². The number of hydrogen-bond acceptors (Lipinski definition) is 7. The Labute approximate surface area is 188 Å². The van der Waals surface area contributed by atoms with Crippen molar-refractivity contribution in [3.8, 4) is 17.2 Å². The number of nitrogens with zero attached hydrogens (tertiary/aromatic N) is 1. The topological polar surface area (TPSA) is 85.3 Å². The molecule has 0 aliphatic carbocycles. The Morgan fingerprint density at radius 3 is 2.66 bits per heavy atom. The van der Waals surface area contributed by atoms with Crippen LogP contribution in [0.5, 0.6) is 17.2 Å². The first-order chi connectivity index (χ1) is 15.5. The molecular formula is C24H19NO6S. The van der Waals surface area contributed by atoms with E-state index in [1.54, 1.807) is 43.5 Å². The first-order valence-corrected chi connectivity index (χ1v) is 10.8. The molecule has 2 aromatic carbocycles. The Morgan fingerprint density at radius 2 is 1.94 bits per heavy atom. The minimum absolute atomic E-state index is 0.0448. The summed E-state index contributed by atoms with van der Waals surface area (Å²) < 4.78 is 16.1. The standard InChI is InChI=1S/C24H19NO6S/c1-13-10-15(29-2)6-7-16(13)22(26)20-21(19-4-3-9-32-19)25(24(28)23(20)27)14-5-8-17-18(11-14)31-12-30-17/h3-11,21,26H,12H2,1-2H3/b22-20-. The third kappa shape index (κ3) is 3.11. The van der Waals surface area contributed by atoms with Crippen molar-refractivity contribution >= 4 is 34.5 Å². The molecule has 2 aliphatic heterocycles. The van der Waals surface area contributed by atoms with Crippen molar-refractivity contribution in [1.82, 2.24) is 0 Å². The molecule has 162 valence electrons. The number of hydrogen-bond donors (Lipinski definition) is 1. The van der Waals surface area contributed by atoms with Gasteiger partial charge in [0.1, 0.15) is 17.6 Å². The molecule has 0 spiro atoms. The van der Waals surface area contributed by atoms with E-state index < -0.39 is 17.7 Å². The van der Waals surface area contributed by atoms with Gasteiger partial charge >= 0.3 is 0 Å². The van der Waals surface area contributed by atoms with Crippen molar-refractivity contribution in [2.45, 2.75) is 13.0 Å². The molecule has 32 heavy (non-hydrogen) atoms. The molecule has 1 atom stereocenters. The number of amides is 1. The van der Waals surface area contributed by atoms with Crippen LogP contribution in [-0.4, -0.2) is 30.7 Å². The zero-order valence-electron chi connectivity index (χ0n) is 17.3. The number of ether oxygens (including phenoxy) is 3. The van der Waals surface area contributed by atoms with E-state index >= 15 is 0 Å². The molecule has 1 N–H and O–H groups in total. The van der Waals surface area contributed by atoms with E-state index in [1.165, 1.54) is 16.2 Å². The van der Waals surface area contributed by atoms with Crippen molar-refractivity contribution < 1.29 is 28.9 Å². The van der Waals surface area contributed by atoms with Gasteiger partial charge in [0.25, 0.3) is 11.7 Å². The van der Waals surface area contributed by atoms with E-state index in [0.29, 0.717) is 28.5 Å². The Hall–Kier alpha value is -3.78. The molecule has 5 rings (SSSR count). The highest BCUT2D eigenvalue weighted by molar-refractivity contribution is 7.10. The van der Waals surface area contributed by atoms with Gasteiger partial charge in [-0.05, 0) is 54.3 Å². The van der Waals surface area contributed by atoms with Crippen LogP contribution in [0.25, 0.3) is 5.76 Å². The first kappa shape index (κ1) is 20.1. The molecule has 1 amide bonds. The molecule has 2 aliphatic rings. The second-order valence-electron chi connectivity index (χ2n) is 7.40. The molecule has 1 unspecified atom stereocenters. The summed E-state index contributed by atoms with van der Waals surface area (Å²) in [7, 11) is 1.56. The van der Waals surface area contributed by atoms with E-state index in [0.717, 1.165) is 10.4 Å². The number of methoxy groups -OCH3 is 1. The van der Waals surface area contributed by atoms with Gasteiger partial charge in [0.2, 0.25) is 6.79 Å². The molecule has 8 heteroatoms. The van der Waals surface area contributed by atoms with E-state index in [-0.39, 0.29) is 18.1 Å². The number of ketones is 1. The minimum atomic E-state index is -0.767. The van der Waals surface area contributed by atoms with Gasteiger partial charge in [0, 0.05) is 22.2 Å². The maximum atomic E-state index is 13.2. The highest BCUT2D eigenvalue weighted by Gasteiger charge is 2.47. The van der Waals surface area contributed by atoms with Crippen LogP contribution in [0.1, 0.15) is 22.0 Å². The smallest absolute Gasteiger partial charge is 0.300 e. The monoisotopic (exact) mass is 449 g/mol. The van der Waals surface area contributed by atoms with Gasteiger partial charge in [-0.25, -0.2) is 0 Å². The number of fused-ring (bicyclic) bond motifs is 1. The third-order valence-electron chi connectivity index (χ3n) is 5.58. The Morgan fingerprint density at radius 1 is 1.12 bits per heavy atom. The molecule has 0 radical (unpaired) electrons. The number of thiophene rings is 1. The molecule has 1 aromatic heterocycles. The maximum Gasteiger partial charge on any atom is 0.300 e. The summed E-state index contributed by atoms with van der Waals surface area (Å²) in [6.07, 6.45) is 0. The number of carbonyl (C=O) groups excluding carboxylic acids is 2. The molecule has 3 heterocycles. The van der Waals surface area contributed by atoms with Crippen LogP contribution in [0.4, 0.5) is 5.69 Å². The summed E-state index contributed by atoms with van der Waals surface area (Å²) in [4.78, 5) is 28.5. The lowest BCUT2D eigenvalue weighted by atomic mass is 9.97.